The van der Waals surface area contributed by atoms with Crippen molar-refractivity contribution in [3.8, 4) is 16.9 Å². The summed E-state index contributed by atoms with van der Waals surface area (Å²) in [6.45, 7) is 1.83. The lowest BCUT2D eigenvalue weighted by atomic mass is 9.95. The van der Waals surface area contributed by atoms with Crippen LogP contribution in [0.15, 0.2) is 42.5 Å². The van der Waals surface area contributed by atoms with Crippen molar-refractivity contribution in [2.24, 2.45) is 0 Å². The maximum atomic E-state index is 12.4. The highest BCUT2D eigenvalue weighted by Crippen LogP contribution is 2.32. The first-order chi connectivity index (χ1) is 13.2. The van der Waals surface area contributed by atoms with Crippen LogP contribution in [-0.4, -0.2) is 24.3 Å². The fourth-order valence-electron chi connectivity index (χ4n) is 2.96. The molecule has 1 heterocycles. The number of hydrogen-bond acceptors (Lipinski definition) is 4. The van der Waals surface area contributed by atoms with E-state index in [0.717, 1.165) is 5.56 Å². The van der Waals surface area contributed by atoms with Gasteiger partial charge in [0.05, 0.1) is 0 Å². The molecular weight excluding hydrogens is 375 g/mol. The highest BCUT2D eigenvalue weighted by atomic mass is 19.4. The topological polar surface area (TPSA) is 64.6 Å². The van der Waals surface area contributed by atoms with Crippen LogP contribution in [0.2, 0.25) is 0 Å². The molecule has 0 bridgehead atoms. The Balaban J connectivity index is 1.83. The van der Waals surface area contributed by atoms with Gasteiger partial charge < -0.3 is 14.8 Å². The lowest BCUT2D eigenvalue weighted by Gasteiger charge is -2.25. The van der Waals surface area contributed by atoms with E-state index in [-0.39, 0.29) is 18.6 Å². The van der Waals surface area contributed by atoms with Gasteiger partial charge in [-0.3, -0.25) is 9.59 Å². The first-order valence-electron chi connectivity index (χ1n) is 8.74. The first kappa shape index (κ1) is 19.7. The summed E-state index contributed by atoms with van der Waals surface area (Å²) in [5.41, 5.74) is 2.50. The molecule has 1 aliphatic rings. The fourth-order valence-corrected chi connectivity index (χ4v) is 2.96. The summed E-state index contributed by atoms with van der Waals surface area (Å²) in [7, 11) is 0. The number of esters is 1. The molecule has 2 aromatic rings. The van der Waals surface area contributed by atoms with Crippen molar-refractivity contribution in [2.45, 2.75) is 38.7 Å². The largest absolute Gasteiger partial charge is 0.573 e. The maximum Gasteiger partial charge on any atom is 0.573 e. The summed E-state index contributed by atoms with van der Waals surface area (Å²) in [6, 6.07) is 10.7. The van der Waals surface area contributed by atoms with Crippen LogP contribution in [0, 0.1) is 0 Å². The molecule has 1 aliphatic heterocycles. The number of rotatable bonds is 5. The van der Waals surface area contributed by atoms with Crippen molar-refractivity contribution in [2.75, 3.05) is 5.32 Å². The van der Waals surface area contributed by atoms with E-state index in [2.05, 4.69) is 10.1 Å². The Hall–Kier alpha value is -3.03. The molecule has 0 spiro atoms. The summed E-state index contributed by atoms with van der Waals surface area (Å²) in [5, 5.41) is 2.69. The number of hydrogen-bond donors (Lipinski definition) is 1. The van der Waals surface area contributed by atoms with E-state index in [1.54, 1.807) is 24.3 Å². The van der Waals surface area contributed by atoms with Crippen LogP contribution in [0.1, 0.15) is 25.3 Å². The smallest absolute Gasteiger partial charge is 0.452 e. The predicted molar refractivity (Wildman–Crippen MR) is 95.7 cm³/mol. The zero-order chi connectivity index (χ0) is 20.3. The summed E-state index contributed by atoms with van der Waals surface area (Å²) in [5.74, 6) is -1.16. The number of anilines is 1. The quantitative estimate of drug-likeness (QED) is 0.762. The molecule has 0 aliphatic carbocycles. The standard InChI is InChI=1S/C20H18F3NO4/c1-2-4-18(25)27-17-11-14-9-13(7-8-16(14)24-19(17)26)12-5-3-6-15(10-12)28-20(21,22)23/h3,5-10,17H,2,4,11H2,1H3,(H,24,26). The van der Waals surface area contributed by atoms with Gasteiger partial charge in [-0.2, -0.15) is 0 Å². The van der Waals surface area contributed by atoms with E-state index in [4.69, 9.17) is 4.74 Å². The highest BCUT2D eigenvalue weighted by Gasteiger charge is 2.31. The number of carbonyl (C=O) groups excluding carboxylic acids is 2. The lowest BCUT2D eigenvalue weighted by molar-refractivity contribution is -0.274. The molecule has 0 saturated carbocycles. The number of fused-ring (bicyclic) bond motifs is 1. The minimum atomic E-state index is -4.77. The van der Waals surface area contributed by atoms with Crippen molar-refractivity contribution in [1.29, 1.82) is 0 Å². The summed E-state index contributed by atoms with van der Waals surface area (Å²) >= 11 is 0. The third-order valence-electron chi connectivity index (χ3n) is 4.19. The molecule has 28 heavy (non-hydrogen) atoms. The molecule has 0 radical (unpaired) electrons. The van der Waals surface area contributed by atoms with Gasteiger partial charge >= 0.3 is 12.3 Å². The Labute approximate surface area is 159 Å². The molecule has 1 amide bonds. The van der Waals surface area contributed by atoms with Crippen LogP contribution in [0.3, 0.4) is 0 Å². The Kier molecular flexibility index (Phi) is 5.58. The van der Waals surface area contributed by atoms with Crippen LogP contribution in [0.25, 0.3) is 11.1 Å². The van der Waals surface area contributed by atoms with E-state index in [9.17, 15) is 22.8 Å². The van der Waals surface area contributed by atoms with Crippen LogP contribution >= 0.6 is 0 Å². The minimum Gasteiger partial charge on any atom is -0.452 e. The molecule has 0 aromatic heterocycles. The van der Waals surface area contributed by atoms with Gasteiger partial charge in [-0.1, -0.05) is 25.1 Å². The van der Waals surface area contributed by atoms with Gasteiger partial charge in [0.15, 0.2) is 6.10 Å². The molecule has 0 saturated heterocycles. The number of amides is 1. The fraction of sp³-hybridized carbons (Fsp3) is 0.300. The molecule has 3 rings (SSSR count). The van der Waals surface area contributed by atoms with Crippen LogP contribution in [0.4, 0.5) is 18.9 Å². The molecule has 2 aromatic carbocycles. The lowest BCUT2D eigenvalue weighted by Crippen LogP contribution is -2.38. The maximum absolute atomic E-state index is 12.4. The summed E-state index contributed by atoms with van der Waals surface area (Å²) in [6.07, 6.45) is -4.66. The van der Waals surface area contributed by atoms with Gasteiger partial charge in [0.1, 0.15) is 5.75 Å². The van der Waals surface area contributed by atoms with Crippen molar-refractivity contribution >= 4 is 17.6 Å². The van der Waals surface area contributed by atoms with Crippen LogP contribution in [0.5, 0.6) is 5.75 Å². The number of benzene rings is 2. The zero-order valence-corrected chi connectivity index (χ0v) is 15.0. The Morgan fingerprint density at radius 3 is 2.64 bits per heavy atom. The molecular formula is C20H18F3NO4. The van der Waals surface area contributed by atoms with Crippen molar-refractivity contribution in [3.63, 3.8) is 0 Å². The van der Waals surface area contributed by atoms with Crippen molar-refractivity contribution in [3.05, 3.63) is 48.0 Å². The molecule has 148 valence electrons. The molecule has 1 unspecified atom stereocenters. The number of halogens is 3. The predicted octanol–water partition coefficient (Wildman–Crippen LogP) is 4.46. The second kappa shape index (κ2) is 7.92. The third-order valence-corrected chi connectivity index (χ3v) is 4.19. The second-order valence-corrected chi connectivity index (χ2v) is 6.37. The molecule has 1 N–H and O–H groups in total. The number of nitrogens with one attached hydrogen (secondary N) is 1. The van der Waals surface area contributed by atoms with E-state index in [0.29, 0.717) is 23.2 Å². The van der Waals surface area contributed by atoms with Gasteiger partial charge in [0, 0.05) is 18.5 Å². The monoisotopic (exact) mass is 393 g/mol. The number of ether oxygens (including phenoxy) is 2. The SMILES string of the molecule is CCCC(=O)OC1Cc2cc(-c3cccc(OC(F)(F)F)c3)ccc2NC1=O. The van der Waals surface area contributed by atoms with E-state index >= 15 is 0 Å². The summed E-state index contributed by atoms with van der Waals surface area (Å²) < 4.78 is 46.5. The highest BCUT2D eigenvalue weighted by molar-refractivity contribution is 5.98. The van der Waals surface area contributed by atoms with Gasteiger partial charge in [0.25, 0.3) is 5.91 Å². The van der Waals surface area contributed by atoms with E-state index < -0.39 is 24.3 Å². The van der Waals surface area contributed by atoms with Crippen LogP contribution in [-0.2, 0) is 20.7 Å². The Bertz CT molecular complexity index is 895. The Morgan fingerprint density at radius 1 is 1.18 bits per heavy atom. The molecule has 0 fully saturated rings. The summed E-state index contributed by atoms with van der Waals surface area (Å²) in [4.78, 5) is 23.8. The van der Waals surface area contributed by atoms with Crippen LogP contribution < -0.4 is 10.1 Å². The average molecular weight is 393 g/mol. The van der Waals surface area contributed by atoms with Crippen molar-refractivity contribution in [1.82, 2.24) is 0 Å². The van der Waals surface area contributed by atoms with Crippen molar-refractivity contribution < 1.29 is 32.2 Å². The third kappa shape index (κ3) is 4.82. The number of carbonyl (C=O) groups is 2. The zero-order valence-electron chi connectivity index (χ0n) is 15.0. The van der Waals surface area contributed by atoms with Gasteiger partial charge in [-0.25, -0.2) is 0 Å². The minimum absolute atomic E-state index is 0.198. The second-order valence-electron chi connectivity index (χ2n) is 6.37. The average Bonchev–Trinajstić information content (AvgIpc) is 2.61. The van der Waals surface area contributed by atoms with Gasteiger partial charge in [-0.05, 0) is 47.4 Å². The van der Waals surface area contributed by atoms with E-state index in [1.807, 2.05) is 6.92 Å². The molecule has 1 atom stereocenters. The molecule has 5 nitrogen and oxygen atoms in total. The van der Waals surface area contributed by atoms with Gasteiger partial charge in [0.2, 0.25) is 0 Å². The van der Waals surface area contributed by atoms with E-state index in [1.165, 1.54) is 18.2 Å². The number of alkyl halides is 3. The molecule has 8 heteroatoms. The normalized spacial score (nSPS) is 16.1. The Morgan fingerprint density at radius 2 is 1.93 bits per heavy atom. The van der Waals surface area contributed by atoms with Gasteiger partial charge in [-0.15, -0.1) is 13.2 Å². The first-order valence-corrected chi connectivity index (χ1v) is 8.74.